The Morgan fingerprint density at radius 1 is 1.00 bits per heavy atom. The van der Waals surface area contributed by atoms with Gasteiger partial charge < -0.3 is 9.47 Å². The maximum Gasteiger partial charge on any atom is 0.338 e. The first-order valence-corrected chi connectivity index (χ1v) is 8.83. The smallest absolute Gasteiger partial charge is 0.338 e. The summed E-state index contributed by atoms with van der Waals surface area (Å²) in [4.78, 5) is 12.6. The predicted octanol–water partition coefficient (Wildman–Crippen LogP) is 4.19. The zero-order chi connectivity index (χ0) is 18.3. The van der Waals surface area contributed by atoms with Crippen molar-refractivity contribution < 1.29 is 14.3 Å². The number of benzene rings is 2. The molecule has 3 nitrogen and oxygen atoms in total. The fourth-order valence-corrected chi connectivity index (χ4v) is 2.74. The van der Waals surface area contributed by atoms with Gasteiger partial charge in [0.1, 0.15) is 25.8 Å². The first kappa shape index (κ1) is 19.1. The van der Waals surface area contributed by atoms with Crippen LogP contribution in [0.2, 0.25) is 0 Å². The van der Waals surface area contributed by atoms with E-state index in [4.69, 9.17) is 17.3 Å². The molecule has 2 aromatic rings. The monoisotopic (exact) mass is 336 g/mol. The molecule has 0 heterocycles. The van der Waals surface area contributed by atoms with Crippen molar-refractivity contribution in [3.63, 3.8) is 0 Å². The van der Waals surface area contributed by atoms with Crippen LogP contribution in [0.1, 0.15) is 56.0 Å². The molecule has 0 N–H and O–H groups in total. The molecule has 0 aromatic heterocycles. The molecular formula is C21H25BO3. The Morgan fingerprint density at radius 2 is 1.64 bits per heavy atom. The molecule has 0 fully saturated rings. The molecule has 25 heavy (non-hydrogen) atoms. The van der Waals surface area contributed by atoms with E-state index in [1.165, 1.54) is 0 Å². The van der Waals surface area contributed by atoms with E-state index in [-0.39, 0.29) is 5.97 Å². The van der Waals surface area contributed by atoms with Crippen LogP contribution in [0.4, 0.5) is 0 Å². The molecular weight excluding hydrogens is 311 g/mol. The van der Waals surface area contributed by atoms with Gasteiger partial charge in [-0.3, -0.25) is 0 Å². The Labute approximate surface area is 151 Å². The van der Waals surface area contributed by atoms with Crippen molar-refractivity contribution in [3.8, 4) is 5.75 Å². The Hall–Kier alpha value is -2.23. The van der Waals surface area contributed by atoms with Crippen LogP contribution in [0.3, 0.4) is 0 Å². The third kappa shape index (κ3) is 4.88. The minimum atomic E-state index is -0.413. The average molecular weight is 336 g/mol. The topological polar surface area (TPSA) is 35.5 Å². The van der Waals surface area contributed by atoms with E-state index in [1.807, 2.05) is 51.1 Å². The fraction of sp³-hybridized carbons (Fsp3) is 0.381. The molecule has 0 saturated carbocycles. The van der Waals surface area contributed by atoms with Gasteiger partial charge in [0.15, 0.2) is 0 Å². The highest BCUT2D eigenvalue weighted by Gasteiger charge is 2.29. The molecule has 0 unspecified atom stereocenters. The number of esters is 1. The lowest BCUT2D eigenvalue weighted by molar-refractivity contribution is -0.0249. The molecule has 0 bridgehead atoms. The predicted molar refractivity (Wildman–Crippen MR) is 102 cm³/mol. The van der Waals surface area contributed by atoms with Crippen molar-refractivity contribution in [2.75, 3.05) is 0 Å². The van der Waals surface area contributed by atoms with Crippen LogP contribution >= 0.6 is 0 Å². The van der Waals surface area contributed by atoms with E-state index < -0.39 is 5.60 Å². The molecule has 2 aromatic carbocycles. The zero-order valence-electron chi connectivity index (χ0n) is 15.2. The average Bonchev–Trinajstić information content (AvgIpc) is 2.66. The van der Waals surface area contributed by atoms with Gasteiger partial charge >= 0.3 is 5.97 Å². The molecule has 0 aliphatic rings. The second-order valence-corrected chi connectivity index (χ2v) is 6.16. The van der Waals surface area contributed by atoms with Crippen LogP contribution in [-0.4, -0.2) is 19.4 Å². The summed E-state index contributed by atoms with van der Waals surface area (Å²) in [6.07, 6.45) is 2.37. The third-order valence-electron chi connectivity index (χ3n) is 4.73. The Morgan fingerprint density at radius 3 is 2.24 bits per heavy atom. The Bertz CT molecular complexity index is 685. The molecule has 130 valence electrons. The second kappa shape index (κ2) is 8.75. The van der Waals surface area contributed by atoms with Crippen LogP contribution in [0, 0.1) is 0 Å². The van der Waals surface area contributed by atoms with E-state index in [0.29, 0.717) is 23.4 Å². The van der Waals surface area contributed by atoms with Gasteiger partial charge in [-0.2, -0.15) is 0 Å². The van der Waals surface area contributed by atoms with Gasteiger partial charge in [0.25, 0.3) is 0 Å². The van der Waals surface area contributed by atoms with Crippen molar-refractivity contribution in [2.45, 2.75) is 52.2 Å². The SMILES string of the molecule is [B]c1ccc(C(=O)OC(CC)(CC)CC)cc1OCc1ccccc1. The summed E-state index contributed by atoms with van der Waals surface area (Å²) >= 11 is 0. The van der Waals surface area contributed by atoms with E-state index in [0.717, 1.165) is 24.8 Å². The first-order valence-electron chi connectivity index (χ1n) is 8.83. The molecule has 0 spiro atoms. The Kier molecular flexibility index (Phi) is 6.69. The second-order valence-electron chi connectivity index (χ2n) is 6.16. The maximum absolute atomic E-state index is 12.6. The van der Waals surface area contributed by atoms with E-state index in [1.54, 1.807) is 18.2 Å². The summed E-state index contributed by atoms with van der Waals surface area (Å²) in [5.41, 5.74) is 1.58. The lowest BCUT2D eigenvalue weighted by Gasteiger charge is -2.30. The van der Waals surface area contributed by atoms with Gasteiger partial charge in [-0.25, -0.2) is 4.79 Å². The van der Waals surface area contributed by atoms with E-state index in [2.05, 4.69) is 0 Å². The highest BCUT2D eigenvalue weighted by Crippen LogP contribution is 2.26. The normalized spacial score (nSPS) is 11.2. The number of carbonyl (C=O) groups is 1. The highest BCUT2D eigenvalue weighted by molar-refractivity contribution is 6.34. The molecule has 0 aliphatic carbocycles. The summed E-state index contributed by atoms with van der Waals surface area (Å²) in [5, 5.41) is 0. The van der Waals surface area contributed by atoms with Gasteiger partial charge in [-0.15, -0.1) is 0 Å². The van der Waals surface area contributed by atoms with Crippen molar-refractivity contribution in [2.24, 2.45) is 0 Å². The minimum Gasteiger partial charge on any atom is -0.490 e. The van der Waals surface area contributed by atoms with Gasteiger partial charge in [0.2, 0.25) is 0 Å². The maximum atomic E-state index is 12.6. The third-order valence-corrected chi connectivity index (χ3v) is 4.73. The number of hydrogen-bond acceptors (Lipinski definition) is 3. The van der Waals surface area contributed by atoms with Crippen molar-refractivity contribution in [3.05, 3.63) is 59.7 Å². The summed E-state index contributed by atoms with van der Waals surface area (Å²) in [5.74, 6) is 0.156. The van der Waals surface area contributed by atoms with E-state index in [9.17, 15) is 4.79 Å². The van der Waals surface area contributed by atoms with Gasteiger partial charge in [-0.05, 0) is 37.0 Å². The van der Waals surface area contributed by atoms with Gasteiger partial charge in [0.05, 0.1) is 5.56 Å². The van der Waals surface area contributed by atoms with Gasteiger partial charge in [0, 0.05) is 0 Å². The number of carbonyl (C=O) groups excluding carboxylic acids is 1. The largest absolute Gasteiger partial charge is 0.490 e. The highest BCUT2D eigenvalue weighted by atomic mass is 16.6. The number of ether oxygens (including phenoxy) is 2. The molecule has 0 saturated heterocycles. The summed E-state index contributed by atoms with van der Waals surface area (Å²) in [6.45, 7) is 6.51. The lowest BCUT2D eigenvalue weighted by atomic mass is 9.92. The van der Waals surface area contributed by atoms with Crippen LogP contribution in [0.5, 0.6) is 5.75 Å². The summed E-state index contributed by atoms with van der Waals surface area (Å²) < 4.78 is 11.6. The van der Waals surface area contributed by atoms with Crippen molar-refractivity contribution in [1.29, 1.82) is 0 Å². The molecule has 0 atom stereocenters. The molecule has 4 heteroatoms. The summed E-state index contributed by atoms with van der Waals surface area (Å²) in [7, 11) is 5.98. The van der Waals surface area contributed by atoms with Gasteiger partial charge in [-0.1, -0.05) is 62.6 Å². The zero-order valence-corrected chi connectivity index (χ0v) is 15.2. The quantitative estimate of drug-likeness (QED) is 0.536. The lowest BCUT2D eigenvalue weighted by Crippen LogP contribution is -2.33. The van der Waals surface area contributed by atoms with Crippen LogP contribution in [0.15, 0.2) is 48.5 Å². The van der Waals surface area contributed by atoms with Crippen LogP contribution < -0.4 is 10.2 Å². The molecule has 2 radical (unpaired) electrons. The molecule has 0 aliphatic heterocycles. The molecule has 2 rings (SSSR count). The van der Waals surface area contributed by atoms with Crippen LogP contribution in [-0.2, 0) is 11.3 Å². The Balaban J connectivity index is 2.13. The summed E-state index contributed by atoms with van der Waals surface area (Å²) in [6, 6.07) is 14.8. The molecule has 0 amide bonds. The minimum absolute atomic E-state index is 0.338. The van der Waals surface area contributed by atoms with Crippen molar-refractivity contribution >= 4 is 19.3 Å². The first-order chi connectivity index (χ1) is 12.0. The number of hydrogen-bond donors (Lipinski definition) is 0. The standard InChI is InChI=1S/C21H25BO3/c1-4-21(5-2,6-3)25-20(23)17-12-13-18(22)19(14-17)24-15-16-10-8-7-9-11-16/h7-14H,4-6,15H2,1-3H3. The number of rotatable bonds is 8. The van der Waals surface area contributed by atoms with E-state index >= 15 is 0 Å². The van der Waals surface area contributed by atoms with Crippen molar-refractivity contribution in [1.82, 2.24) is 0 Å². The fourth-order valence-electron chi connectivity index (χ4n) is 2.74. The van der Waals surface area contributed by atoms with Crippen LogP contribution in [0.25, 0.3) is 0 Å².